The van der Waals surface area contributed by atoms with Gasteiger partial charge < -0.3 is 5.73 Å². The van der Waals surface area contributed by atoms with Gasteiger partial charge in [-0.15, -0.1) is 0 Å². The van der Waals surface area contributed by atoms with Crippen LogP contribution >= 0.6 is 11.6 Å². The van der Waals surface area contributed by atoms with Gasteiger partial charge in [0, 0.05) is 18.4 Å². The number of fused-ring (bicyclic) bond motifs is 2. The van der Waals surface area contributed by atoms with Gasteiger partial charge in [0.25, 0.3) is 0 Å². The minimum Gasteiger partial charge on any atom is -0.327 e. The molecule has 0 heterocycles. The van der Waals surface area contributed by atoms with Crippen LogP contribution in [0.25, 0.3) is 0 Å². The topological polar surface area (TPSA) is 43.1 Å². The van der Waals surface area contributed by atoms with Crippen molar-refractivity contribution in [1.29, 1.82) is 0 Å². The highest BCUT2D eigenvalue weighted by Crippen LogP contribution is 2.48. The maximum Gasteiger partial charge on any atom is 0.142 e. The molecule has 4 heteroatoms. The first kappa shape index (κ1) is 13.1. The molecule has 4 unspecified atom stereocenters. The first-order chi connectivity index (χ1) is 9.06. The highest BCUT2D eigenvalue weighted by molar-refractivity contribution is 6.30. The average Bonchev–Trinajstić information content (AvgIpc) is 2.94. The molecule has 2 N–H and O–H groups in total. The molecule has 0 saturated heterocycles. The molecule has 102 valence electrons. The number of rotatable bonds is 3. The molecule has 1 aromatic rings. The SMILES string of the molecule is NC1C2CCC(C2)C1C(=O)Cc1ccc(F)c(Cl)c1. The molecule has 1 aromatic carbocycles. The molecule has 0 aromatic heterocycles. The molecule has 0 amide bonds. The molecule has 0 radical (unpaired) electrons. The van der Waals surface area contributed by atoms with E-state index in [1.165, 1.54) is 12.1 Å². The van der Waals surface area contributed by atoms with E-state index in [0.717, 1.165) is 24.8 Å². The maximum atomic E-state index is 13.1. The fourth-order valence-electron chi connectivity index (χ4n) is 3.78. The van der Waals surface area contributed by atoms with Gasteiger partial charge in [-0.2, -0.15) is 0 Å². The number of nitrogens with two attached hydrogens (primary N) is 1. The summed E-state index contributed by atoms with van der Waals surface area (Å²) < 4.78 is 13.1. The summed E-state index contributed by atoms with van der Waals surface area (Å²) >= 11 is 5.74. The summed E-state index contributed by atoms with van der Waals surface area (Å²) in [5, 5.41) is 0.0718. The van der Waals surface area contributed by atoms with Gasteiger partial charge in [0.15, 0.2) is 0 Å². The van der Waals surface area contributed by atoms with E-state index < -0.39 is 5.82 Å². The standard InChI is InChI=1S/C15H17ClFNO/c16-11-5-8(1-4-12(11)17)6-13(19)14-9-2-3-10(7-9)15(14)18/h1,4-5,9-10,14-15H,2-3,6-7,18H2. The number of carbonyl (C=O) groups is 1. The van der Waals surface area contributed by atoms with Gasteiger partial charge in [-0.25, -0.2) is 4.39 Å². The summed E-state index contributed by atoms with van der Waals surface area (Å²) in [6.07, 6.45) is 3.69. The summed E-state index contributed by atoms with van der Waals surface area (Å²) in [6, 6.07) is 4.49. The Balaban J connectivity index is 1.73. The van der Waals surface area contributed by atoms with Crippen LogP contribution in [0.2, 0.25) is 5.02 Å². The third-order valence-electron chi connectivity index (χ3n) is 4.71. The minimum absolute atomic E-state index is 0.0115. The van der Waals surface area contributed by atoms with Gasteiger partial charge in [-0.3, -0.25) is 4.79 Å². The monoisotopic (exact) mass is 281 g/mol. The molecular formula is C15H17ClFNO. The second kappa shape index (κ2) is 4.88. The zero-order chi connectivity index (χ0) is 13.6. The zero-order valence-corrected chi connectivity index (χ0v) is 11.4. The van der Waals surface area contributed by atoms with E-state index in [-0.39, 0.29) is 22.8 Å². The lowest BCUT2D eigenvalue weighted by Gasteiger charge is -2.26. The van der Waals surface area contributed by atoms with Crippen LogP contribution in [0.3, 0.4) is 0 Å². The Morgan fingerprint density at radius 1 is 1.37 bits per heavy atom. The van der Waals surface area contributed by atoms with Gasteiger partial charge in [0.1, 0.15) is 11.6 Å². The summed E-state index contributed by atoms with van der Waals surface area (Å²) in [4.78, 5) is 12.4. The van der Waals surface area contributed by atoms with Crippen LogP contribution < -0.4 is 5.73 Å². The van der Waals surface area contributed by atoms with E-state index in [4.69, 9.17) is 17.3 Å². The van der Waals surface area contributed by atoms with Crippen LogP contribution in [-0.4, -0.2) is 11.8 Å². The van der Waals surface area contributed by atoms with E-state index >= 15 is 0 Å². The molecule has 2 bridgehead atoms. The van der Waals surface area contributed by atoms with Crippen LogP contribution in [0.1, 0.15) is 24.8 Å². The van der Waals surface area contributed by atoms with E-state index in [0.29, 0.717) is 18.3 Å². The van der Waals surface area contributed by atoms with Gasteiger partial charge in [-0.05, 0) is 48.8 Å². The maximum absolute atomic E-state index is 13.1. The Labute approximate surface area is 117 Å². The highest BCUT2D eigenvalue weighted by Gasteiger charge is 2.48. The summed E-state index contributed by atoms with van der Waals surface area (Å²) in [5.41, 5.74) is 6.94. The summed E-state index contributed by atoms with van der Waals surface area (Å²) in [6.45, 7) is 0. The zero-order valence-electron chi connectivity index (χ0n) is 10.6. The first-order valence-corrected chi connectivity index (χ1v) is 7.16. The number of halogens is 2. The average molecular weight is 282 g/mol. The van der Waals surface area contributed by atoms with Crippen molar-refractivity contribution in [3.05, 3.63) is 34.6 Å². The van der Waals surface area contributed by atoms with Crippen molar-refractivity contribution in [3.8, 4) is 0 Å². The smallest absolute Gasteiger partial charge is 0.142 e. The van der Waals surface area contributed by atoms with Gasteiger partial charge >= 0.3 is 0 Å². The quantitative estimate of drug-likeness (QED) is 0.926. The van der Waals surface area contributed by atoms with E-state index in [2.05, 4.69) is 0 Å². The Morgan fingerprint density at radius 2 is 2.11 bits per heavy atom. The number of Topliss-reactive ketones (excluding diaryl/α,β-unsaturated/α-hetero) is 1. The van der Waals surface area contributed by atoms with Crippen LogP contribution in [0.5, 0.6) is 0 Å². The molecule has 0 aliphatic heterocycles. The van der Waals surface area contributed by atoms with Gasteiger partial charge in [-0.1, -0.05) is 17.7 Å². The predicted octanol–water partition coefficient (Wildman–Crippen LogP) is 2.96. The lowest BCUT2D eigenvalue weighted by molar-refractivity contribution is -0.124. The molecule has 2 fully saturated rings. The summed E-state index contributed by atoms with van der Waals surface area (Å²) in [7, 11) is 0. The van der Waals surface area contributed by atoms with Crippen molar-refractivity contribution in [2.24, 2.45) is 23.5 Å². The second-order valence-electron chi connectivity index (χ2n) is 5.83. The lowest BCUT2D eigenvalue weighted by atomic mass is 9.80. The van der Waals surface area contributed by atoms with Gasteiger partial charge in [0.05, 0.1) is 5.02 Å². The number of carbonyl (C=O) groups excluding carboxylic acids is 1. The molecule has 2 aliphatic carbocycles. The Kier molecular flexibility index (Phi) is 3.35. The van der Waals surface area contributed by atoms with Crippen LogP contribution in [-0.2, 0) is 11.2 Å². The van der Waals surface area contributed by atoms with E-state index in [1.54, 1.807) is 6.07 Å². The fourth-order valence-corrected chi connectivity index (χ4v) is 3.99. The molecule has 2 saturated carbocycles. The number of benzene rings is 1. The molecule has 2 aliphatic rings. The van der Waals surface area contributed by atoms with Crippen LogP contribution in [0, 0.1) is 23.6 Å². The third kappa shape index (κ3) is 2.30. The number of hydrogen-bond donors (Lipinski definition) is 1. The minimum atomic E-state index is -0.450. The number of hydrogen-bond acceptors (Lipinski definition) is 2. The normalized spacial score (nSPS) is 32.8. The lowest BCUT2D eigenvalue weighted by Crippen LogP contribution is -2.40. The predicted molar refractivity (Wildman–Crippen MR) is 72.4 cm³/mol. The van der Waals surface area contributed by atoms with Crippen molar-refractivity contribution in [1.82, 2.24) is 0 Å². The van der Waals surface area contributed by atoms with Crippen molar-refractivity contribution in [2.45, 2.75) is 31.7 Å². The van der Waals surface area contributed by atoms with Crippen LogP contribution in [0.4, 0.5) is 4.39 Å². The fraction of sp³-hybridized carbons (Fsp3) is 0.533. The summed E-state index contributed by atoms with van der Waals surface area (Å²) in [5.74, 6) is 0.707. The van der Waals surface area contributed by atoms with Crippen molar-refractivity contribution in [3.63, 3.8) is 0 Å². The second-order valence-corrected chi connectivity index (χ2v) is 6.24. The largest absolute Gasteiger partial charge is 0.327 e. The third-order valence-corrected chi connectivity index (χ3v) is 5.00. The Morgan fingerprint density at radius 3 is 2.74 bits per heavy atom. The molecule has 4 atom stereocenters. The molecule has 2 nitrogen and oxygen atoms in total. The van der Waals surface area contributed by atoms with E-state index in [1.807, 2.05) is 0 Å². The highest BCUT2D eigenvalue weighted by atomic mass is 35.5. The number of ketones is 1. The van der Waals surface area contributed by atoms with Crippen LogP contribution in [0.15, 0.2) is 18.2 Å². The van der Waals surface area contributed by atoms with E-state index in [9.17, 15) is 9.18 Å². The van der Waals surface area contributed by atoms with Crippen molar-refractivity contribution >= 4 is 17.4 Å². The Hall–Kier alpha value is -0.930. The van der Waals surface area contributed by atoms with Crippen molar-refractivity contribution < 1.29 is 9.18 Å². The Bertz CT molecular complexity index is 517. The molecule has 0 spiro atoms. The molecule has 19 heavy (non-hydrogen) atoms. The molecule has 3 rings (SSSR count). The molecular weight excluding hydrogens is 265 g/mol. The van der Waals surface area contributed by atoms with Gasteiger partial charge in [0.2, 0.25) is 0 Å². The first-order valence-electron chi connectivity index (χ1n) is 6.78. The van der Waals surface area contributed by atoms with Crippen molar-refractivity contribution in [2.75, 3.05) is 0 Å².